The van der Waals surface area contributed by atoms with Gasteiger partial charge in [0.2, 0.25) is 0 Å². The molecule has 5 nitrogen and oxygen atoms in total. The van der Waals surface area contributed by atoms with E-state index < -0.39 is 5.97 Å². The fourth-order valence-electron chi connectivity index (χ4n) is 2.08. The molecular formula is C14H12ClIN2O3. The Balaban J connectivity index is 2.35. The quantitative estimate of drug-likeness (QED) is 0.662. The molecule has 0 spiro atoms. The molecule has 1 heterocycles. The van der Waals surface area contributed by atoms with E-state index in [2.05, 4.69) is 32.9 Å². The van der Waals surface area contributed by atoms with Crippen LogP contribution in [0.5, 0.6) is 0 Å². The number of benzene rings is 1. The number of nitrogens with one attached hydrogen (secondary N) is 2. The summed E-state index contributed by atoms with van der Waals surface area (Å²) in [5.74, 6) is -1.44. The first-order valence-corrected chi connectivity index (χ1v) is 7.45. The molecule has 2 rings (SSSR count). The van der Waals surface area contributed by atoms with Gasteiger partial charge in [-0.3, -0.25) is 4.79 Å². The first kappa shape index (κ1) is 15.8. The zero-order chi connectivity index (χ0) is 15.7. The van der Waals surface area contributed by atoms with Gasteiger partial charge in [-0.15, -0.1) is 0 Å². The zero-order valence-electron chi connectivity index (χ0n) is 11.3. The number of amides is 1. The molecule has 1 amide bonds. The lowest BCUT2D eigenvalue weighted by Crippen LogP contribution is -2.14. The van der Waals surface area contributed by atoms with Crippen molar-refractivity contribution in [2.45, 2.75) is 13.8 Å². The van der Waals surface area contributed by atoms with Gasteiger partial charge in [0.25, 0.3) is 5.91 Å². The molecule has 0 atom stereocenters. The molecule has 3 N–H and O–H groups in total. The number of aromatic carboxylic acids is 1. The third-order valence-electron chi connectivity index (χ3n) is 3.06. The molecule has 7 heteroatoms. The van der Waals surface area contributed by atoms with Crippen LogP contribution in [0.1, 0.15) is 32.1 Å². The van der Waals surface area contributed by atoms with Crippen molar-refractivity contribution in [2.24, 2.45) is 0 Å². The summed E-state index contributed by atoms with van der Waals surface area (Å²) in [6.07, 6.45) is 0. The largest absolute Gasteiger partial charge is 0.477 e. The van der Waals surface area contributed by atoms with Crippen molar-refractivity contribution in [3.63, 3.8) is 0 Å². The molecule has 0 fully saturated rings. The van der Waals surface area contributed by atoms with Crippen molar-refractivity contribution in [1.29, 1.82) is 0 Å². The monoisotopic (exact) mass is 418 g/mol. The number of H-pyrrole nitrogens is 1. The van der Waals surface area contributed by atoms with Crippen LogP contribution in [0, 0.1) is 17.4 Å². The summed E-state index contributed by atoms with van der Waals surface area (Å²) in [5.41, 5.74) is 1.94. The Labute approximate surface area is 139 Å². The van der Waals surface area contributed by atoms with Crippen molar-refractivity contribution < 1.29 is 14.7 Å². The average molecular weight is 419 g/mol. The van der Waals surface area contributed by atoms with Gasteiger partial charge in [-0.25, -0.2) is 4.79 Å². The van der Waals surface area contributed by atoms with E-state index in [1.807, 2.05) is 0 Å². The highest BCUT2D eigenvalue weighted by Gasteiger charge is 2.22. The number of aromatic nitrogens is 1. The van der Waals surface area contributed by atoms with Crippen molar-refractivity contribution in [3.8, 4) is 0 Å². The molecule has 1 aromatic heterocycles. The molecule has 0 radical (unpaired) electrons. The summed E-state index contributed by atoms with van der Waals surface area (Å²) >= 11 is 7.94. The van der Waals surface area contributed by atoms with Gasteiger partial charge in [0.15, 0.2) is 0 Å². The minimum atomic E-state index is -1.09. The van der Waals surface area contributed by atoms with Crippen LogP contribution in [-0.4, -0.2) is 22.0 Å². The maximum atomic E-state index is 12.4. The summed E-state index contributed by atoms with van der Waals surface area (Å²) < 4.78 is 0.803. The second kappa shape index (κ2) is 6.07. The highest BCUT2D eigenvalue weighted by atomic mass is 127. The van der Waals surface area contributed by atoms with Gasteiger partial charge in [-0.1, -0.05) is 11.6 Å². The molecule has 110 valence electrons. The van der Waals surface area contributed by atoms with Crippen LogP contribution in [0.4, 0.5) is 5.69 Å². The lowest BCUT2D eigenvalue weighted by Gasteiger charge is -2.08. The molecule has 0 bridgehead atoms. The van der Waals surface area contributed by atoms with Gasteiger partial charge >= 0.3 is 5.97 Å². The second-order valence-corrected chi connectivity index (χ2v) is 6.11. The number of aromatic amines is 1. The molecule has 2 aromatic rings. The van der Waals surface area contributed by atoms with Gasteiger partial charge < -0.3 is 15.4 Å². The molecular weight excluding hydrogens is 407 g/mol. The van der Waals surface area contributed by atoms with E-state index >= 15 is 0 Å². The van der Waals surface area contributed by atoms with Crippen LogP contribution in [0.2, 0.25) is 5.02 Å². The lowest BCUT2D eigenvalue weighted by molar-refractivity contribution is 0.0690. The van der Waals surface area contributed by atoms with Crippen molar-refractivity contribution in [3.05, 3.63) is 49.3 Å². The maximum absolute atomic E-state index is 12.4. The van der Waals surface area contributed by atoms with Crippen LogP contribution in [0.3, 0.4) is 0 Å². The minimum absolute atomic E-state index is 0.0310. The Morgan fingerprint density at radius 2 is 2.00 bits per heavy atom. The molecule has 21 heavy (non-hydrogen) atoms. The summed E-state index contributed by atoms with van der Waals surface area (Å²) in [7, 11) is 0. The van der Waals surface area contributed by atoms with Crippen LogP contribution in [-0.2, 0) is 0 Å². The molecule has 0 unspecified atom stereocenters. The predicted molar refractivity (Wildman–Crippen MR) is 89.3 cm³/mol. The van der Waals surface area contributed by atoms with Gasteiger partial charge in [-0.05, 0) is 60.2 Å². The molecule has 0 saturated carbocycles. The van der Waals surface area contributed by atoms with Crippen molar-refractivity contribution in [1.82, 2.24) is 4.98 Å². The molecule has 0 aliphatic rings. The van der Waals surface area contributed by atoms with E-state index in [1.165, 1.54) is 0 Å². The molecule has 0 saturated heterocycles. The summed E-state index contributed by atoms with van der Waals surface area (Å²) in [4.78, 5) is 26.2. The van der Waals surface area contributed by atoms with E-state index in [1.54, 1.807) is 32.0 Å². The normalized spacial score (nSPS) is 10.5. The maximum Gasteiger partial charge on any atom is 0.352 e. The zero-order valence-corrected chi connectivity index (χ0v) is 14.2. The number of anilines is 1. The highest BCUT2D eigenvalue weighted by molar-refractivity contribution is 14.1. The number of hydrogen-bond donors (Lipinski definition) is 3. The number of aryl methyl sites for hydroxylation is 1. The number of carboxylic acid groups (broad SMARTS) is 1. The Morgan fingerprint density at radius 1 is 1.33 bits per heavy atom. The van der Waals surface area contributed by atoms with Gasteiger partial charge in [0.1, 0.15) is 5.69 Å². The second-order valence-electron chi connectivity index (χ2n) is 4.51. The number of hydrogen-bond acceptors (Lipinski definition) is 2. The Kier molecular flexibility index (Phi) is 4.58. The Morgan fingerprint density at radius 3 is 2.52 bits per heavy atom. The van der Waals surface area contributed by atoms with Crippen molar-refractivity contribution >= 4 is 51.8 Å². The fraction of sp³-hybridized carbons (Fsp3) is 0.143. The number of carbonyl (C=O) groups is 2. The highest BCUT2D eigenvalue weighted by Crippen LogP contribution is 2.24. The van der Waals surface area contributed by atoms with Gasteiger partial charge in [0.05, 0.1) is 11.3 Å². The molecule has 0 aliphatic carbocycles. The van der Waals surface area contributed by atoms with Crippen LogP contribution < -0.4 is 5.32 Å². The first-order valence-electron chi connectivity index (χ1n) is 6.00. The van der Waals surface area contributed by atoms with Crippen LogP contribution in [0.25, 0.3) is 0 Å². The minimum Gasteiger partial charge on any atom is -0.477 e. The molecule has 1 aromatic carbocycles. The third-order valence-corrected chi connectivity index (χ3v) is 4.19. The van der Waals surface area contributed by atoms with Crippen molar-refractivity contribution in [2.75, 3.05) is 5.32 Å². The van der Waals surface area contributed by atoms with Gasteiger partial charge in [0, 0.05) is 14.3 Å². The lowest BCUT2D eigenvalue weighted by atomic mass is 10.1. The van der Waals surface area contributed by atoms with E-state index in [4.69, 9.17) is 16.7 Å². The third kappa shape index (κ3) is 3.21. The average Bonchev–Trinajstić information content (AvgIpc) is 2.68. The van der Waals surface area contributed by atoms with E-state index in [-0.39, 0.29) is 11.6 Å². The standard InChI is InChI=1S/C14H12ClIN2O3/c1-6-11(7(2)17-12(6)14(20)21)13(19)18-10-4-3-8(15)5-9(10)16/h3-5,17H,1-2H3,(H,18,19)(H,20,21). The Bertz CT molecular complexity index is 740. The first-order chi connectivity index (χ1) is 9.81. The van der Waals surface area contributed by atoms with Crippen LogP contribution in [0.15, 0.2) is 18.2 Å². The Hall–Kier alpha value is -1.54. The van der Waals surface area contributed by atoms with E-state index in [0.29, 0.717) is 27.5 Å². The van der Waals surface area contributed by atoms with E-state index in [9.17, 15) is 9.59 Å². The van der Waals surface area contributed by atoms with E-state index in [0.717, 1.165) is 3.57 Å². The number of rotatable bonds is 3. The SMILES string of the molecule is Cc1[nH]c(C(=O)O)c(C)c1C(=O)Nc1ccc(Cl)cc1I. The topological polar surface area (TPSA) is 82.2 Å². The number of halogens is 2. The molecule has 0 aliphatic heterocycles. The summed E-state index contributed by atoms with van der Waals surface area (Å²) in [5, 5.41) is 12.4. The fourth-order valence-corrected chi connectivity index (χ4v) is 3.09. The smallest absolute Gasteiger partial charge is 0.352 e. The van der Waals surface area contributed by atoms with Gasteiger partial charge in [-0.2, -0.15) is 0 Å². The number of carboxylic acids is 1. The van der Waals surface area contributed by atoms with Crippen LogP contribution >= 0.6 is 34.2 Å². The predicted octanol–water partition coefficient (Wildman–Crippen LogP) is 3.84. The summed E-state index contributed by atoms with van der Waals surface area (Å²) in [6.45, 7) is 3.27. The summed E-state index contributed by atoms with van der Waals surface area (Å²) in [6, 6.07) is 5.12. The number of carbonyl (C=O) groups excluding carboxylic acids is 1.